The summed E-state index contributed by atoms with van der Waals surface area (Å²) in [5, 5.41) is 9.36. The molecule has 0 aliphatic heterocycles. The number of guanidine groups is 1. The lowest BCUT2D eigenvalue weighted by Crippen LogP contribution is -2.38. The van der Waals surface area contributed by atoms with Crippen LogP contribution in [0.25, 0.3) is 0 Å². The van der Waals surface area contributed by atoms with Crippen molar-refractivity contribution < 1.29 is 9.53 Å². The first-order valence-corrected chi connectivity index (χ1v) is 11.6. The van der Waals surface area contributed by atoms with E-state index in [0.29, 0.717) is 11.5 Å². The van der Waals surface area contributed by atoms with Gasteiger partial charge in [-0.2, -0.15) is 0 Å². The van der Waals surface area contributed by atoms with Gasteiger partial charge in [0.1, 0.15) is 5.75 Å². The third-order valence-electron chi connectivity index (χ3n) is 4.62. The molecule has 0 saturated carbocycles. The zero-order chi connectivity index (χ0) is 22.5. The van der Waals surface area contributed by atoms with Gasteiger partial charge >= 0.3 is 0 Å². The van der Waals surface area contributed by atoms with Gasteiger partial charge < -0.3 is 20.7 Å². The largest absolute Gasteiger partial charge is 0.496 e. The minimum atomic E-state index is -0.0651. The summed E-state index contributed by atoms with van der Waals surface area (Å²) in [6.45, 7) is 6.56. The molecule has 0 aliphatic rings. The molecule has 8 heteroatoms. The molecule has 0 radical (unpaired) electrons. The number of methoxy groups -OCH3 is 1. The van der Waals surface area contributed by atoms with Crippen LogP contribution in [0.15, 0.2) is 58.4 Å². The van der Waals surface area contributed by atoms with E-state index in [9.17, 15) is 4.79 Å². The molecule has 2 rings (SSSR count). The van der Waals surface area contributed by atoms with E-state index < -0.39 is 0 Å². The fourth-order valence-corrected chi connectivity index (χ4v) is 3.99. The number of carbonyl (C=O) groups excluding carboxylic acids is 1. The summed E-state index contributed by atoms with van der Waals surface area (Å²) in [6, 6.07) is 15.8. The van der Waals surface area contributed by atoms with Gasteiger partial charge in [0.2, 0.25) is 0 Å². The molecule has 0 heterocycles. The predicted octanol–water partition coefficient (Wildman–Crippen LogP) is 4.20. The standard InChI is InChI=1S/C24H34N4O2S.HI/c1-5-26-24(27-14-13-19-9-8-10-20(15-19)23(29)25-3)28-16-18(2)17-31-22-12-7-6-11-21(22)30-4;/h6-12,15,18H,5,13-14,16-17H2,1-4H3,(H,25,29)(H2,26,27,28);1H. The Morgan fingerprint density at radius 1 is 1.16 bits per heavy atom. The zero-order valence-corrected chi connectivity index (χ0v) is 22.5. The minimum Gasteiger partial charge on any atom is -0.496 e. The molecule has 0 spiro atoms. The van der Waals surface area contributed by atoms with E-state index in [1.807, 2.05) is 42.5 Å². The van der Waals surface area contributed by atoms with Crippen LogP contribution in [0.3, 0.4) is 0 Å². The maximum Gasteiger partial charge on any atom is 0.251 e. The first kappa shape index (κ1) is 28.1. The Morgan fingerprint density at radius 3 is 2.66 bits per heavy atom. The van der Waals surface area contributed by atoms with Gasteiger partial charge in [-0.1, -0.05) is 31.2 Å². The molecule has 0 bridgehead atoms. The van der Waals surface area contributed by atoms with Crippen LogP contribution in [0.1, 0.15) is 29.8 Å². The second kappa shape index (κ2) is 15.8. The van der Waals surface area contributed by atoms with Gasteiger partial charge in [0.25, 0.3) is 5.91 Å². The summed E-state index contributed by atoms with van der Waals surface area (Å²) in [5.74, 6) is 3.06. The van der Waals surface area contributed by atoms with E-state index in [4.69, 9.17) is 9.73 Å². The number of aliphatic imine (C=N–C) groups is 1. The van der Waals surface area contributed by atoms with E-state index in [0.717, 1.165) is 54.0 Å². The first-order chi connectivity index (χ1) is 15.1. The highest BCUT2D eigenvalue weighted by molar-refractivity contribution is 14.0. The number of nitrogens with zero attached hydrogens (tertiary/aromatic N) is 1. The van der Waals surface area contributed by atoms with E-state index in [1.54, 1.807) is 25.9 Å². The van der Waals surface area contributed by atoms with E-state index in [1.165, 1.54) is 0 Å². The Balaban J connectivity index is 0.00000512. The number of para-hydroxylation sites is 1. The molecule has 2 aromatic rings. The quantitative estimate of drug-likeness (QED) is 0.164. The Morgan fingerprint density at radius 2 is 1.94 bits per heavy atom. The van der Waals surface area contributed by atoms with Crippen molar-refractivity contribution in [1.29, 1.82) is 0 Å². The van der Waals surface area contributed by atoms with Gasteiger partial charge in [-0.15, -0.1) is 35.7 Å². The molecular weight excluding hydrogens is 535 g/mol. The van der Waals surface area contributed by atoms with Crippen molar-refractivity contribution in [3.05, 3.63) is 59.7 Å². The minimum absolute atomic E-state index is 0. The fourth-order valence-electron chi connectivity index (χ4n) is 2.95. The van der Waals surface area contributed by atoms with Gasteiger partial charge in [-0.3, -0.25) is 9.79 Å². The fraction of sp³-hybridized carbons (Fsp3) is 0.417. The Labute approximate surface area is 213 Å². The van der Waals surface area contributed by atoms with Crippen molar-refractivity contribution in [3.63, 3.8) is 0 Å². The Hall–Kier alpha value is -1.94. The number of rotatable bonds is 11. The highest BCUT2D eigenvalue weighted by Crippen LogP contribution is 2.29. The predicted molar refractivity (Wildman–Crippen MR) is 146 cm³/mol. The van der Waals surface area contributed by atoms with Crippen LogP contribution in [-0.4, -0.2) is 51.4 Å². The molecular formula is C24H35IN4O2S. The lowest BCUT2D eigenvalue weighted by molar-refractivity contribution is 0.0963. The van der Waals surface area contributed by atoms with Crippen molar-refractivity contribution in [3.8, 4) is 5.75 Å². The maximum absolute atomic E-state index is 11.8. The second-order valence-electron chi connectivity index (χ2n) is 7.24. The summed E-state index contributed by atoms with van der Waals surface area (Å²) < 4.78 is 5.42. The van der Waals surface area contributed by atoms with Gasteiger partial charge in [-0.25, -0.2) is 0 Å². The number of halogens is 1. The van der Waals surface area contributed by atoms with Crippen LogP contribution in [0.5, 0.6) is 5.75 Å². The SMILES string of the molecule is CCNC(=NCC(C)CSc1ccccc1OC)NCCc1cccc(C(=O)NC)c1.I. The van der Waals surface area contributed by atoms with Gasteiger partial charge in [0.15, 0.2) is 5.96 Å². The summed E-state index contributed by atoms with van der Waals surface area (Å²) in [7, 11) is 3.35. The molecule has 32 heavy (non-hydrogen) atoms. The van der Waals surface area contributed by atoms with Crippen molar-refractivity contribution in [1.82, 2.24) is 16.0 Å². The van der Waals surface area contributed by atoms with E-state index >= 15 is 0 Å². The van der Waals surface area contributed by atoms with Crippen LogP contribution in [0.4, 0.5) is 0 Å². The highest BCUT2D eigenvalue weighted by atomic mass is 127. The van der Waals surface area contributed by atoms with Crippen LogP contribution in [0, 0.1) is 5.92 Å². The summed E-state index contributed by atoms with van der Waals surface area (Å²) >= 11 is 1.80. The molecule has 3 N–H and O–H groups in total. The Bertz CT molecular complexity index is 863. The van der Waals surface area contributed by atoms with Crippen molar-refractivity contribution in [2.24, 2.45) is 10.9 Å². The van der Waals surface area contributed by atoms with E-state index in [-0.39, 0.29) is 29.9 Å². The topological polar surface area (TPSA) is 74.8 Å². The number of thioether (sulfide) groups is 1. The zero-order valence-electron chi connectivity index (χ0n) is 19.3. The van der Waals surface area contributed by atoms with Gasteiger partial charge in [-0.05, 0) is 49.1 Å². The number of amides is 1. The van der Waals surface area contributed by atoms with Crippen LogP contribution in [0.2, 0.25) is 0 Å². The lowest BCUT2D eigenvalue weighted by atomic mass is 10.1. The molecule has 0 aromatic heterocycles. The van der Waals surface area contributed by atoms with Crippen LogP contribution >= 0.6 is 35.7 Å². The van der Waals surface area contributed by atoms with E-state index in [2.05, 4.69) is 35.9 Å². The summed E-state index contributed by atoms with van der Waals surface area (Å²) in [4.78, 5) is 17.7. The molecule has 0 fully saturated rings. The molecule has 0 aliphatic carbocycles. The third kappa shape index (κ3) is 9.68. The monoisotopic (exact) mass is 570 g/mol. The number of ether oxygens (including phenoxy) is 1. The molecule has 6 nitrogen and oxygen atoms in total. The normalized spacial score (nSPS) is 11.8. The maximum atomic E-state index is 11.8. The molecule has 1 atom stereocenters. The highest BCUT2D eigenvalue weighted by Gasteiger charge is 2.08. The van der Waals surface area contributed by atoms with Crippen LogP contribution in [-0.2, 0) is 6.42 Å². The average molecular weight is 571 g/mol. The number of carbonyl (C=O) groups is 1. The lowest BCUT2D eigenvalue weighted by Gasteiger charge is -2.14. The molecule has 2 aromatic carbocycles. The molecule has 1 unspecified atom stereocenters. The smallest absolute Gasteiger partial charge is 0.251 e. The molecule has 0 saturated heterocycles. The number of benzene rings is 2. The first-order valence-electron chi connectivity index (χ1n) is 10.7. The van der Waals surface area contributed by atoms with Crippen molar-refractivity contribution in [2.45, 2.75) is 25.2 Å². The Kier molecular flexibility index (Phi) is 13.9. The second-order valence-corrected chi connectivity index (χ2v) is 8.30. The number of hydrogen-bond acceptors (Lipinski definition) is 4. The van der Waals surface area contributed by atoms with Crippen molar-refractivity contribution in [2.75, 3.05) is 39.5 Å². The third-order valence-corrected chi connectivity index (χ3v) is 6.00. The van der Waals surface area contributed by atoms with Crippen LogP contribution < -0.4 is 20.7 Å². The molecule has 1 amide bonds. The summed E-state index contributed by atoms with van der Waals surface area (Å²) in [6.07, 6.45) is 0.814. The van der Waals surface area contributed by atoms with Gasteiger partial charge in [0, 0.05) is 42.9 Å². The number of hydrogen-bond donors (Lipinski definition) is 3. The average Bonchev–Trinajstić information content (AvgIpc) is 2.81. The van der Waals surface area contributed by atoms with Crippen molar-refractivity contribution >= 4 is 47.6 Å². The molecule has 176 valence electrons. The van der Waals surface area contributed by atoms with Gasteiger partial charge in [0.05, 0.1) is 7.11 Å². The summed E-state index contributed by atoms with van der Waals surface area (Å²) in [5.41, 5.74) is 1.80. The number of nitrogens with one attached hydrogen (secondary N) is 3.